The van der Waals surface area contributed by atoms with Crippen molar-refractivity contribution in [3.8, 4) is 11.3 Å². The Morgan fingerprint density at radius 2 is 1.94 bits per heavy atom. The minimum absolute atomic E-state index is 0.105. The van der Waals surface area contributed by atoms with Gasteiger partial charge in [-0.1, -0.05) is 44.2 Å². The van der Waals surface area contributed by atoms with E-state index in [9.17, 15) is 4.79 Å². The second-order valence-corrected chi connectivity index (χ2v) is 8.90. The van der Waals surface area contributed by atoms with Crippen LogP contribution in [0.4, 0.5) is 0 Å². The number of aromatic nitrogens is 3. The first-order valence-corrected chi connectivity index (χ1v) is 11.9. The van der Waals surface area contributed by atoms with E-state index in [4.69, 9.17) is 9.84 Å². The van der Waals surface area contributed by atoms with Gasteiger partial charge in [-0.25, -0.2) is 0 Å². The summed E-state index contributed by atoms with van der Waals surface area (Å²) >= 11 is 0. The maximum absolute atomic E-state index is 12.7. The number of carbonyl (C=O) groups is 1. The second kappa shape index (κ2) is 11.7. The number of carbonyl (C=O) groups excluding carboxylic acids is 1. The fourth-order valence-electron chi connectivity index (χ4n) is 4.26. The van der Waals surface area contributed by atoms with Gasteiger partial charge in [0.1, 0.15) is 5.69 Å². The third-order valence-corrected chi connectivity index (χ3v) is 6.10. The van der Waals surface area contributed by atoms with Gasteiger partial charge in [0, 0.05) is 61.5 Å². The fourth-order valence-corrected chi connectivity index (χ4v) is 4.26. The Bertz CT molecular complexity index is 1070. The van der Waals surface area contributed by atoms with Gasteiger partial charge >= 0.3 is 0 Å². The lowest BCUT2D eigenvalue weighted by molar-refractivity contribution is -0.116. The van der Waals surface area contributed by atoms with Crippen LogP contribution in [0.15, 0.2) is 67.1 Å². The van der Waals surface area contributed by atoms with Crippen molar-refractivity contribution in [2.75, 3.05) is 32.8 Å². The molecule has 178 valence electrons. The second-order valence-electron chi connectivity index (χ2n) is 8.90. The van der Waals surface area contributed by atoms with Gasteiger partial charge in [-0.15, -0.1) is 0 Å². The van der Waals surface area contributed by atoms with Crippen LogP contribution in [0.25, 0.3) is 17.3 Å². The zero-order valence-electron chi connectivity index (χ0n) is 19.9. The highest BCUT2D eigenvalue weighted by Gasteiger charge is 2.24. The Morgan fingerprint density at radius 1 is 1.15 bits per heavy atom. The first-order valence-electron chi connectivity index (χ1n) is 11.9. The van der Waals surface area contributed by atoms with Crippen LogP contribution in [-0.2, 0) is 16.1 Å². The van der Waals surface area contributed by atoms with Crippen molar-refractivity contribution in [1.29, 1.82) is 0 Å². The summed E-state index contributed by atoms with van der Waals surface area (Å²) in [4.78, 5) is 19.3. The van der Waals surface area contributed by atoms with Gasteiger partial charge in [-0.05, 0) is 29.7 Å². The maximum atomic E-state index is 12.7. The van der Waals surface area contributed by atoms with Crippen LogP contribution < -0.4 is 5.32 Å². The van der Waals surface area contributed by atoms with E-state index in [-0.39, 0.29) is 5.91 Å². The summed E-state index contributed by atoms with van der Waals surface area (Å²) in [5.41, 5.74) is 3.77. The minimum atomic E-state index is -0.105. The highest BCUT2D eigenvalue weighted by Crippen LogP contribution is 2.23. The normalized spacial score (nSPS) is 15.6. The molecule has 3 aromatic rings. The molecule has 0 aliphatic carbocycles. The zero-order chi connectivity index (χ0) is 23.8. The molecule has 1 unspecified atom stereocenters. The molecule has 34 heavy (non-hydrogen) atoms. The molecule has 0 saturated carbocycles. The van der Waals surface area contributed by atoms with Crippen molar-refractivity contribution in [3.05, 3.63) is 78.3 Å². The van der Waals surface area contributed by atoms with Crippen molar-refractivity contribution in [3.63, 3.8) is 0 Å². The van der Waals surface area contributed by atoms with E-state index < -0.39 is 0 Å². The van der Waals surface area contributed by atoms with Crippen LogP contribution in [0.1, 0.15) is 25.0 Å². The molecule has 1 aliphatic heterocycles. The van der Waals surface area contributed by atoms with E-state index in [2.05, 4.69) is 41.2 Å². The molecule has 1 N–H and O–H groups in total. The molecule has 7 nitrogen and oxygen atoms in total. The largest absolute Gasteiger partial charge is 0.379 e. The molecule has 3 heterocycles. The topological polar surface area (TPSA) is 72.3 Å². The highest BCUT2D eigenvalue weighted by molar-refractivity contribution is 5.92. The van der Waals surface area contributed by atoms with Gasteiger partial charge in [-0.2, -0.15) is 5.10 Å². The number of benzene rings is 1. The standard InChI is InChI=1S/C27H33N5O2/c1-21(2)25(31-13-15-34-16-14-31)18-29-26(33)11-10-24-20-32(19-22-7-4-3-5-8-22)30-27(24)23-9-6-12-28-17-23/h3-12,17,20-21,25H,13-16,18-19H2,1-2H3,(H,29,33). The number of morpholine rings is 1. The predicted molar refractivity (Wildman–Crippen MR) is 134 cm³/mol. The molecule has 2 aromatic heterocycles. The van der Waals surface area contributed by atoms with E-state index in [0.29, 0.717) is 25.0 Å². The van der Waals surface area contributed by atoms with Crippen molar-refractivity contribution >= 4 is 12.0 Å². The quantitative estimate of drug-likeness (QED) is 0.496. The SMILES string of the molecule is CC(C)C(CNC(=O)C=Cc1cn(Cc2ccccc2)nc1-c1cccnc1)N1CCOCC1. The molecule has 1 saturated heterocycles. The van der Waals surface area contributed by atoms with E-state index in [1.165, 1.54) is 5.56 Å². The van der Waals surface area contributed by atoms with Crippen LogP contribution in [0.3, 0.4) is 0 Å². The lowest BCUT2D eigenvalue weighted by Crippen LogP contribution is -2.51. The lowest BCUT2D eigenvalue weighted by Gasteiger charge is -2.36. The van der Waals surface area contributed by atoms with Crippen LogP contribution in [0.2, 0.25) is 0 Å². The first-order chi connectivity index (χ1) is 16.6. The monoisotopic (exact) mass is 459 g/mol. The molecule has 1 aromatic carbocycles. The molecule has 1 aliphatic rings. The molecule has 7 heteroatoms. The first kappa shape index (κ1) is 23.9. The molecular weight excluding hydrogens is 426 g/mol. The Kier molecular flexibility index (Phi) is 8.22. The Labute approximate surface area is 201 Å². The van der Waals surface area contributed by atoms with E-state index in [0.717, 1.165) is 43.1 Å². The van der Waals surface area contributed by atoms with Crippen LogP contribution in [0, 0.1) is 5.92 Å². The lowest BCUT2D eigenvalue weighted by atomic mass is 10.0. The van der Waals surface area contributed by atoms with Crippen molar-refractivity contribution in [2.24, 2.45) is 5.92 Å². The van der Waals surface area contributed by atoms with Crippen molar-refractivity contribution in [2.45, 2.75) is 26.4 Å². The molecular formula is C27H33N5O2. The van der Waals surface area contributed by atoms with Gasteiger partial charge in [-0.3, -0.25) is 19.4 Å². The molecule has 1 atom stereocenters. The summed E-state index contributed by atoms with van der Waals surface area (Å²) in [7, 11) is 0. The van der Waals surface area contributed by atoms with Crippen molar-refractivity contribution in [1.82, 2.24) is 25.0 Å². The third-order valence-electron chi connectivity index (χ3n) is 6.10. The van der Waals surface area contributed by atoms with E-state index in [1.807, 2.05) is 47.3 Å². The smallest absolute Gasteiger partial charge is 0.244 e. The number of amides is 1. The van der Waals surface area contributed by atoms with Crippen LogP contribution in [0.5, 0.6) is 0 Å². The summed E-state index contributed by atoms with van der Waals surface area (Å²) in [5.74, 6) is 0.336. The average Bonchev–Trinajstić information content (AvgIpc) is 3.27. The summed E-state index contributed by atoms with van der Waals surface area (Å²) in [5, 5.41) is 7.88. The summed E-state index contributed by atoms with van der Waals surface area (Å²) < 4.78 is 7.38. The highest BCUT2D eigenvalue weighted by atomic mass is 16.5. The van der Waals surface area contributed by atoms with Gasteiger partial charge in [0.2, 0.25) is 5.91 Å². The zero-order valence-corrected chi connectivity index (χ0v) is 19.9. The molecule has 0 spiro atoms. The number of ether oxygens (including phenoxy) is 1. The molecule has 4 rings (SSSR count). The maximum Gasteiger partial charge on any atom is 0.244 e. The Morgan fingerprint density at radius 3 is 2.65 bits per heavy atom. The van der Waals surface area contributed by atoms with Crippen molar-refractivity contribution < 1.29 is 9.53 Å². The summed E-state index contributed by atoms with van der Waals surface area (Å²) in [6, 6.07) is 14.4. The molecule has 1 fully saturated rings. The van der Waals surface area contributed by atoms with Crippen LogP contribution in [-0.4, -0.2) is 64.5 Å². The van der Waals surface area contributed by atoms with Gasteiger partial charge in [0.05, 0.1) is 19.8 Å². The average molecular weight is 460 g/mol. The summed E-state index contributed by atoms with van der Waals surface area (Å²) in [6.07, 6.45) is 8.95. The number of pyridine rings is 1. The third kappa shape index (κ3) is 6.40. The van der Waals surface area contributed by atoms with E-state index in [1.54, 1.807) is 18.5 Å². The predicted octanol–water partition coefficient (Wildman–Crippen LogP) is 3.48. The van der Waals surface area contributed by atoms with E-state index >= 15 is 0 Å². The Hall–Kier alpha value is -3.29. The molecule has 0 bridgehead atoms. The number of rotatable bonds is 9. The van der Waals surface area contributed by atoms with Gasteiger partial charge in [0.25, 0.3) is 0 Å². The minimum Gasteiger partial charge on any atom is -0.379 e. The number of nitrogens with one attached hydrogen (secondary N) is 1. The number of nitrogens with zero attached hydrogens (tertiary/aromatic N) is 4. The summed E-state index contributed by atoms with van der Waals surface area (Å²) in [6.45, 7) is 8.98. The van der Waals surface area contributed by atoms with Crippen LogP contribution >= 0.6 is 0 Å². The van der Waals surface area contributed by atoms with Gasteiger partial charge < -0.3 is 10.1 Å². The molecule has 0 radical (unpaired) electrons. The molecule has 1 amide bonds. The fraction of sp³-hybridized carbons (Fsp3) is 0.370. The number of hydrogen-bond acceptors (Lipinski definition) is 5. The number of hydrogen-bond donors (Lipinski definition) is 1. The van der Waals surface area contributed by atoms with Gasteiger partial charge in [0.15, 0.2) is 0 Å². The Balaban J connectivity index is 1.46.